The van der Waals surface area contributed by atoms with E-state index in [4.69, 9.17) is 9.47 Å². The van der Waals surface area contributed by atoms with E-state index in [1.54, 1.807) is 18.1 Å². The average molecular weight is 369 g/mol. The van der Waals surface area contributed by atoms with Crippen LogP contribution < -0.4 is 4.74 Å². The van der Waals surface area contributed by atoms with Crippen molar-refractivity contribution in [3.05, 3.63) is 48.0 Å². The van der Waals surface area contributed by atoms with Gasteiger partial charge in [-0.1, -0.05) is 18.2 Å². The second-order valence-corrected chi connectivity index (χ2v) is 6.83. The number of morpholine rings is 1. The van der Waals surface area contributed by atoms with Gasteiger partial charge in [-0.05, 0) is 25.1 Å². The minimum Gasteiger partial charge on any atom is -0.481 e. The zero-order valence-electron chi connectivity index (χ0n) is 16.2. The predicted octanol–water partition coefficient (Wildman–Crippen LogP) is 2.55. The van der Waals surface area contributed by atoms with Gasteiger partial charge in [0.15, 0.2) is 0 Å². The molecule has 6 heteroatoms. The molecule has 1 fully saturated rings. The first-order valence-corrected chi connectivity index (χ1v) is 9.27. The lowest BCUT2D eigenvalue weighted by Crippen LogP contribution is -2.47. The molecule has 0 aliphatic carbocycles. The van der Waals surface area contributed by atoms with Crippen molar-refractivity contribution < 1.29 is 14.3 Å². The summed E-state index contributed by atoms with van der Waals surface area (Å²) >= 11 is 0. The van der Waals surface area contributed by atoms with Crippen LogP contribution >= 0.6 is 0 Å². The van der Waals surface area contributed by atoms with Crippen molar-refractivity contribution in [1.82, 2.24) is 14.8 Å². The van der Waals surface area contributed by atoms with E-state index in [1.165, 1.54) is 0 Å². The van der Waals surface area contributed by atoms with Gasteiger partial charge in [0.2, 0.25) is 5.88 Å². The Kier molecular flexibility index (Phi) is 6.42. The van der Waals surface area contributed by atoms with Crippen molar-refractivity contribution in [3.8, 4) is 17.1 Å². The number of pyridine rings is 1. The lowest BCUT2D eigenvalue weighted by molar-refractivity contribution is 0.0142. The first-order chi connectivity index (χ1) is 13.1. The normalized spacial score (nSPS) is 16.0. The van der Waals surface area contributed by atoms with Crippen molar-refractivity contribution in [3.63, 3.8) is 0 Å². The zero-order chi connectivity index (χ0) is 19.2. The van der Waals surface area contributed by atoms with Crippen LogP contribution in [-0.4, -0.2) is 73.7 Å². The van der Waals surface area contributed by atoms with Gasteiger partial charge in [0.1, 0.15) is 0 Å². The Morgan fingerprint density at radius 3 is 2.74 bits per heavy atom. The average Bonchev–Trinajstić information content (AvgIpc) is 2.73. The predicted molar refractivity (Wildman–Crippen MR) is 105 cm³/mol. The van der Waals surface area contributed by atoms with Gasteiger partial charge in [-0.15, -0.1) is 0 Å². The molecule has 0 unspecified atom stereocenters. The van der Waals surface area contributed by atoms with E-state index < -0.39 is 0 Å². The van der Waals surface area contributed by atoms with Crippen molar-refractivity contribution in [2.45, 2.75) is 13.0 Å². The van der Waals surface area contributed by atoms with Crippen LogP contribution in [0.4, 0.5) is 0 Å². The molecule has 144 valence electrons. The number of carbonyl (C=O) groups is 1. The van der Waals surface area contributed by atoms with Crippen LogP contribution in [0.3, 0.4) is 0 Å². The Labute approximate surface area is 160 Å². The smallest absolute Gasteiger partial charge is 0.253 e. The van der Waals surface area contributed by atoms with E-state index in [0.29, 0.717) is 24.0 Å². The Morgan fingerprint density at radius 2 is 2.00 bits per heavy atom. The van der Waals surface area contributed by atoms with Crippen LogP contribution in [0.5, 0.6) is 5.88 Å². The molecule has 0 radical (unpaired) electrons. The summed E-state index contributed by atoms with van der Waals surface area (Å²) < 4.78 is 10.6. The Hall–Kier alpha value is -2.44. The molecule has 0 bridgehead atoms. The number of aromatic nitrogens is 1. The van der Waals surface area contributed by atoms with Crippen molar-refractivity contribution in [2.24, 2.45) is 0 Å². The molecule has 2 heterocycles. The lowest BCUT2D eigenvalue weighted by Gasteiger charge is -2.34. The van der Waals surface area contributed by atoms with Gasteiger partial charge in [-0.25, -0.2) is 4.98 Å². The van der Waals surface area contributed by atoms with E-state index in [-0.39, 0.29) is 5.91 Å². The summed E-state index contributed by atoms with van der Waals surface area (Å²) in [5, 5.41) is 0. The Morgan fingerprint density at radius 1 is 1.26 bits per heavy atom. The molecule has 1 aliphatic rings. The minimum atomic E-state index is 0.0138. The number of ether oxygens (including phenoxy) is 2. The maximum Gasteiger partial charge on any atom is 0.253 e. The summed E-state index contributed by atoms with van der Waals surface area (Å²) in [6.45, 7) is 6.20. The molecule has 3 rings (SSSR count). The fraction of sp³-hybridized carbons (Fsp3) is 0.429. The molecular formula is C21H27N3O3. The van der Waals surface area contributed by atoms with Crippen LogP contribution in [0, 0.1) is 0 Å². The number of likely N-dealkylation sites (N-methyl/N-ethyl adjacent to an activating group) is 1. The molecule has 1 atom stereocenters. The lowest BCUT2D eigenvalue weighted by atomic mass is 10.1. The third kappa shape index (κ3) is 4.84. The van der Waals surface area contributed by atoms with Crippen molar-refractivity contribution >= 4 is 5.91 Å². The third-order valence-electron chi connectivity index (χ3n) is 4.89. The quantitative estimate of drug-likeness (QED) is 0.783. The second kappa shape index (κ2) is 8.97. The summed E-state index contributed by atoms with van der Waals surface area (Å²) in [6.07, 6.45) is 0. The standard InChI is InChI=1S/C21H27N3O3/c1-16(24-10-12-27-13-11-24)15-23(2)21(25)18-7-4-6-17(14-18)19-8-5-9-20(22-19)26-3/h4-9,14,16H,10-13,15H2,1-3H3/t16-/m0/s1. The summed E-state index contributed by atoms with van der Waals surface area (Å²) in [5.41, 5.74) is 2.34. The van der Waals surface area contributed by atoms with E-state index in [0.717, 1.165) is 37.6 Å². The van der Waals surface area contributed by atoms with E-state index in [2.05, 4.69) is 16.8 Å². The SMILES string of the molecule is COc1cccc(-c2cccc(C(=O)N(C)C[C@H](C)N3CCOCC3)c2)n1. The monoisotopic (exact) mass is 369 g/mol. The van der Waals surface area contributed by atoms with Gasteiger partial charge in [0.25, 0.3) is 5.91 Å². The molecular weight excluding hydrogens is 342 g/mol. The highest BCUT2D eigenvalue weighted by atomic mass is 16.5. The van der Waals surface area contributed by atoms with Gasteiger partial charge in [0, 0.05) is 49.9 Å². The number of methoxy groups -OCH3 is 1. The molecule has 1 aromatic heterocycles. The summed E-state index contributed by atoms with van der Waals surface area (Å²) in [4.78, 5) is 21.5. The fourth-order valence-electron chi connectivity index (χ4n) is 3.33. The van der Waals surface area contributed by atoms with Crippen LogP contribution in [0.15, 0.2) is 42.5 Å². The molecule has 1 amide bonds. The largest absolute Gasteiger partial charge is 0.481 e. The molecule has 0 N–H and O–H groups in total. The number of rotatable bonds is 6. The Balaban J connectivity index is 1.70. The second-order valence-electron chi connectivity index (χ2n) is 6.83. The molecule has 1 aromatic carbocycles. The minimum absolute atomic E-state index is 0.0138. The molecule has 27 heavy (non-hydrogen) atoms. The molecule has 1 aliphatic heterocycles. The maximum atomic E-state index is 12.9. The summed E-state index contributed by atoms with van der Waals surface area (Å²) in [5.74, 6) is 0.570. The van der Waals surface area contributed by atoms with Gasteiger partial charge in [-0.3, -0.25) is 9.69 Å². The first-order valence-electron chi connectivity index (χ1n) is 9.27. The zero-order valence-corrected chi connectivity index (χ0v) is 16.2. The Bertz CT molecular complexity index is 775. The number of benzene rings is 1. The van der Waals surface area contributed by atoms with Crippen LogP contribution in [-0.2, 0) is 4.74 Å². The number of nitrogens with zero attached hydrogens (tertiary/aromatic N) is 3. The van der Waals surface area contributed by atoms with Crippen LogP contribution in [0.25, 0.3) is 11.3 Å². The molecule has 6 nitrogen and oxygen atoms in total. The highest BCUT2D eigenvalue weighted by Gasteiger charge is 2.21. The highest BCUT2D eigenvalue weighted by molar-refractivity contribution is 5.95. The highest BCUT2D eigenvalue weighted by Crippen LogP contribution is 2.21. The topological polar surface area (TPSA) is 54.9 Å². The molecule has 0 saturated carbocycles. The summed E-state index contributed by atoms with van der Waals surface area (Å²) in [7, 11) is 3.45. The van der Waals surface area contributed by atoms with E-state index in [9.17, 15) is 4.79 Å². The van der Waals surface area contributed by atoms with Gasteiger partial charge < -0.3 is 14.4 Å². The van der Waals surface area contributed by atoms with Gasteiger partial charge in [-0.2, -0.15) is 0 Å². The summed E-state index contributed by atoms with van der Waals surface area (Å²) in [6, 6.07) is 13.5. The third-order valence-corrected chi connectivity index (χ3v) is 4.89. The van der Waals surface area contributed by atoms with Crippen molar-refractivity contribution in [1.29, 1.82) is 0 Å². The maximum absolute atomic E-state index is 12.9. The molecule has 0 spiro atoms. The van der Waals surface area contributed by atoms with Crippen LogP contribution in [0.1, 0.15) is 17.3 Å². The van der Waals surface area contributed by atoms with E-state index in [1.807, 2.05) is 43.4 Å². The first kappa shape index (κ1) is 19.3. The number of carbonyl (C=O) groups excluding carboxylic acids is 1. The molecule has 1 saturated heterocycles. The van der Waals surface area contributed by atoms with Crippen LogP contribution in [0.2, 0.25) is 0 Å². The number of hydrogen-bond acceptors (Lipinski definition) is 5. The number of amides is 1. The molecule has 2 aromatic rings. The number of hydrogen-bond donors (Lipinski definition) is 0. The van der Waals surface area contributed by atoms with Crippen molar-refractivity contribution in [2.75, 3.05) is 47.0 Å². The van der Waals surface area contributed by atoms with E-state index >= 15 is 0 Å². The van der Waals surface area contributed by atoms with Gasteiger partial charge >= 0.3 is 0 Å². The fourth-order valence-corrected chi connectivity index (χ4v) is 3.33. The van der Waals surface area contributed by atoms with Gasteiger partial charge in [0.05, 0.1) is 26.0 Å².